The second kappa shape index (κ2) is 5.65. The summed E-state index contributed by atoms with van der Waals surface area (Å²) in [6, 6.07) is 11.7. The van der Waals surface area contributed by atoms with Crippen molar-refractivity contribution in [2.24, 2.45) is 0 Å². The maximum atomic E-state index is 12.0. The zero-order valence-electron chi connectivity index (χ0n) is 11.1. The Morgan fingerprint density at radius 1 is 1.00 bits per heavy atom. The number of rotatable bonds is 4. The average molecular weight is 256 g/mol. The number of carbonyl (C=O) groups excluding carboxylic acids is 2. The number of fused-ring (bicyclic) bond motifs is 1. The maximum absolute atomic E-state index is 12.0. The number of benzene rings is 2. The minimum absolute atomic E-state index is 0.0344. The van der Waals surface area contributed by atoms with Crippen molar-refractivity contribution in [1.29, 1.82) is 0 Å². The molecule has 0 fully saturated rings. The summed E-state index contributed by atoms with van der Waals surface area (Å²) < 4.78 is 4.53. The summed E-state index contributed by atoms with van der Waals surface area (Å²) in [4.78, 5) is 23.0. The molecule has 0 saturated heterocycles. The quantitative estimate of drug-likeness (QED) is 0.622. The summed E-state index contributed by atoms with van der Waals surface area (Å²) >= 11 is 0. The number of aryl methyl sites for hydroxylation is 1. The van der Waals surface area contributed by atoms with Gasteiger partial charge in [0.25, 0.3) is 0 Å². The van der Waals surface area contributed by atoms with E-state index < -0.39 is 0 Å². The molecule has 2 aromatic carbocycles. The Hall–Kier alpha value is -2.16. The van der Waals surface area contributed by atoms with E-state index in [1.54, 1.807) is 6.07 Å². The number of ketones is 1. The number of hydrogen-bond donors (Lipinski definition) is 0. The molecular formula is C16H16O3. The first-order valence-electron chi connectivity index (χ1n) is 6.20. The van der Waals surface area contributed by atoms with Crippen LogP contribution in [0.2, 0.25) is 0 Å². The molecule has 98 valence electrons. The van der Waals surface area contributed by atoms with E-state index in [0.29, 0.717) is 5.56 Å². The number of carbonyl (C=O) groups is 2. The van der Waals surface area contributed by atoms with Crippen molar-refractivity contribution >= 4 is 22.5 Å². The third-order valence-corrected chi connectivity index (χ3v) is 3.10. The Morgan fingerprint density at radius 2 is 1.68 bits per heavy atom. The van der Waals surface area contributed by atoms with Crippen LogP contribution in [0.3, 0.4) is 0 Å². The fourth-order valence-electron chi connectivity index (χ4n) is 2.00. The van der Waals surface area contributed by atoms with E-state index in [2.05, 4.69) is 10.8 Å². The summed E-state index contributed by atoms with van der Waals surface area (Å²) in [5, 5.41) is 2.15. The van der Waals surface area contributed by atoms with Crippen LogP contribution in [0.25, 0.3) is 10.8 Å². The summed E-state index contributed by atoms with van der Waals surface area (Å²) in [6.07, 6.45) is 0.311. The number of hydrogen-bond acceptors (Lipinski definition) is 3. The molecule has 0 aliphatic carbocycles. The lowest BCUT2D eigenvalue weighted by Gasteiger charge is -2.04. The molecule has 0 radical (unpaired) electrons. The first-order valence-corrected chi connectivity index (χ1v) is 6.20. The summed E-state index contributed by atoms with van der Waals surface area (Å²) in [5.41, 5.74) is 1.83. The first kappa shape index (κ1) is 13.3. The molecule has 3 heteroatoms. The molecule has 0 spiro atoms. The number of methoxy groups -OCH3 is 1. The Morgan fingerprint density at radius 3 is 2.42 bits per heavy atom. The predicted molar refractivity (Wildman–Crippen MR) is 74.3 cm³/mol. The fraction of sp³-hybridized carbons (Fsp3) is 0.250. The molecule has 0 bridgehead atoms. The molecule has 0 aliphatic heterocycles. The molecule has 0 heterocycles. The van der Waals surface area contributed by atoms with Crippen LogP contribution in [0.1, 0.15) is 28.8 Å². The molecule has 0 saturated carbocycles. The van der Waals surface area contributed by atoms with Crippen molar-refractivity contribution in [2.75, 3.05) is 7.11 Å². The van der Waals surface area contributed by atoms with E-state index >= 15 is 0 Å². The van der Waals surface area contributed by atoms with Crippen molar-refractivity contribution in [1.82, 2.24) is 0 Å². The van der Waals surface area contributed by atoms with Crippen molar-refractivity contribution in [3.63, 3.8) is 0 Å². The van der Waals surface area contributed by atoms with Gasteiger partial charge in [-0.15, -0.1) is 0 Å². The van der Waals surface area contributed by atoms with E-state index in [1.165, 1.54) is 12.7 Å². The molecule has 0 atom stereocenters. The van der Waals surface area contributed by atoms with E-state index in [4.69, 9.17) is 0 Å². The highest BCUT2D eigenvalue weighted by Gasteiger charge is 2.09. The standard InChI is InChI=1S/C16H16O3/c1-11-3-4-13-10-14(6-5-12(13)9-11)15(17)7-8-16(18)19-2/h3-6,9-10H,7-8H2,1-2H3. The minimum Gasteiger partial charge on any atom is -0.469 e. The van der Waals surface area contributed by atoms with Crippen LogP contribution in [0.5, 0.6) is 0 Å². The molecule has 0 N–H and O–H groups in total. The van der Waals surface area contributed by atoms with Gasteiger partial charge >= 0.3 is 5.97 Å². The lowest BCUT2D eigenvalue weighted by molar-refractivity contribution is -0.140. The zero-order chi connectivity index (χ0) is 13.8. The van der Waals surface area contributed by atoms with Gasteiger partial charge in [-0.3, -0.25) is 9.59 Å². The molecule has 0 aromatic heterocycles. The highest BCUT2D eigenvalue weighted by Crippen LogP contribution is 2.19. The number of esters is 1. The Balaban J connectivity index is 2.19. The third-order valence-electron chi connectivity index (χ3n) is 3.10. The molecule has 0 unspecified atom stereocenters. The van der Waals surface area contributed by atoms with Crippen LogP contribution >= 0.6 is 0 Å². The summed E-state index contributed by atoms with van der Waals surface area (Å²) in [5.74, 6) is -0.391. The second-order valence-electron chi connectivity index (χ2n) is 4.56. The van der Waals surface area contributed by atoms with E-state index in [9.17, 15) is 9.59 Å². The van der Waals surface area contributed by atoms with Gasteiger partial charge in [0.05, 0.1) is 13.5 Å². The summed E-state index contributed by atoms with van der Waals surface area (Å²) in [7, 11) is 1.32. The topological polar surface area (TPSA) is 43.4 Å². The second-order valence-corrected chi connectivity index (χ2v) is 4.56. The van der Waals surface area contributed by atoms with Crippen molar-refractivity contribution < 1.29 is 14.3 Å². The van der Waals surface area contributed by atoms with Crippen LogP contribution in [0, 0.1) is 6.92 Å². The van der Waals surface area contributed by atoms with E-state index in [-0.39, 0.29) is 24.6 Å². The normalized spacial score (nSPS) is 10.4. The Labute approximate surface area is 112 Å². The van der Waals surface area contributed by atoms with Crippen molar-refractivity contribution in [3.8, 4) is 0 Å². The SMILES string of the molecule is COC(=O)CCC(=O)c1ccc2cc(C)ccc2c1. The van der Waals surface area contributed by atoms with Gasteiger partial charge in [0.2, 0.25) is 0 Å². The lowest BCUT2D eigenvalue weighted by atomic mass is 10.0. The Bertz CT molecular complexity index is 629. The first-order chi connectivity index (χ1) is 9.10. The molecule has 0 amide bonds. The molecule has 0 aliphatic rings. The maximum Gasteiger partial charge on any atom is 0.305 e. The number of Topliss-reactive ketones (excluding diaryl/α,β-unsaturated/α-hetero) is 1. The van der Waals surface area contributed by atoms with Gasteiger partial charge in [-0.2, -0.15) is 0 Å². The van der Waals surface area contributed by atoms with E-state index in [1.807, 2.05) is 31.2 Å². The predicted octanol–water partition coefficient (Wildman–Crippen LogP) is 3.28. The average Bonchev–Trinajstić information content (AvgIpc) is 2.43. The van der Waals surface area contributed by atoms with Gasteiger partial charge in [-0.1, -0.05) is 35.9 Å². The van der Waals surface area contributed by atoms with Gasteiger partial charge in [0.1, 0.15) is 0 Å². The number of ether oxygens (including phenoxy) is 1. The van der Waals surface area contributed by atoms with Crippen molar-refractivity contribution in [3.05, 3.63) is 47.5 Å². The van der Waals surface area contributed by atoms with Gasteiger partial charge in [-0.25, -0.2) is 0 Å². The molecular weight excluding hydrogens is 240 g/mol. The highest BCUT2D eigenvalue weighted by atomic mass is 16.5. The van der Waals surface area contributed by atoms with Crippen LogP contribution in [0.15, 0.2) is 36.4 Å². The van der Waals surface area contributed by atoms with Gasteiger partial charge in [0, 0.05) is 12.0 Å². The van der Waals surface area contributed by atoms with E-state index in [0.717, 1.165) is 10.8 Å². The van der Waals surface area contributed by atoms with Gasteiger partial charge in [-0.05, 0) is 23.8 Å². The molecule has 19 heavy (non-hydrogen) atoms. The van der Waals surface area contributed by atoms with Crippen LogP contribution in [-0.2, 0) is 9.53 Å². The smallest absolute Gasteiger partial charge is 0.305 e. The zero-order valence-corrected chi connectivity index (χ0v) is 11.1. The van der Waals surface area contributed by atoms with Crippen LogP contribution in [-0.4, -0.2) is 18.9 Å². The van der Waals surface area contributed by atoms with Crippen LogP contribution in [0.4, 0.5) is 0 Å². The highest BCUT2D eigenvalue weighted by molar-refractivity contribution is 6.01. The van der Waals surface area contributed by atoms with Crippen molar-refractivity contribution in [2.45, 2.75) is 19.8 Å². The lowest BCUT2D eigenvalue weighted by Crippen LogP contribution is -2.05. The largest absolute Gasteiger partial charge is 0.469 e. The molecule has 2 aromatic rings. The minimum atomic E-state index is -0.357. The van der Waals surface area contributed by atoms with Gasteiger partial charge in [0.15, 0.2) is 5.78 Å². The molecule has 3 nitrogen and oxygen atoms in total. The van der Waals surface area contributed by atoms with Crippen LogP contribution < -0.4 is 0 Å². The summed E-state index contributed by atoms with van der Waals surface area (Å²) in [6.45, 7) is 2.04. The third kappa shape index (κ3) is 3.19. The Kier molecular flexibility index (Phi) is 3.95. The van der Waals surface area contributed by atoms with Gasteiger partial charge < -0.3 is 4.74 Å². The molecule has 2 rings (SSSR count). The fourth-order valence-corrected chi connectivity index (χ4v) is 2.00. The monoisotopic (exact) mass is 256 g/mol.